The number of para-hydroxylation sites is 2. The average Bonchev–Trinajstić information content (AvgIpc) is 3.13. The number of nitrogens with one attached hydrogen (secondary N) is 1. The molecule has 1 aliphatic rings. The second-order valence-corrected chi connectivity index (χ2v) is 6.57. The molecule has 0 saturated carbocycles. The number of ketones is 1. The number of aryl methyl sites for hydroxylation is 1. The minimum atomic E-state index is -0.774. The van der Waals surface area contributed by atoms with Crippen LogP contribution in [0.15, 0.2) is 60.9 Å². The number of carbonyl (C=O) groups is 2. The minimum absolute atomic E-state index is 0.181. The van der Waals surface area contributed by atoms with Crippen molar-refractivity contribution in [2.45, 2.75) is 19.1 Å². The Morgan fingerprint density at radius 2 is 1.71 bits per heavy atom. The van der Waals surface area contributed by atoms with Gasteiger partial charge in [-0.2, -0.15) is 0 Å². The molecule has 7 nitrogen and oxygen atoms in total. The standard InChI is InChI=1S/C21H19N3O4/c1-13-19(28-17-6-4-3-5-16(17)27-13)21(26)23-15-9-7-14(8-10-15)18(25)20-22-11-12-24(20)2/h3-13,19H,1-2H3,(H,23,26). The van der Waals surface area contributed by atoms with Gasteiger partial charge in [0.05, 0.1) is 0 Å². The summed E-state index contributed by atoms with van der Waals surface area (Å²) in [7, 11) is 1.76. The third-order valence-electron chi connectivity index (χ3n) is 4.54. The lowest BCUT2D eigenvalue weighted by Gasteiger charge is -2.31. The highest BCUT2D eigenvalue weighted by Crippen LogP contribution is 2.33. The lowest BCUT2D eigenvalue weighted by atomic mass is 10.1. The Bertz CT molecular complexity index is 1030. The number of hydrogen-bond acceptors (Lipinski definition) is 5. The Morgan fingerprint density at radius 3 is 2.36 bits per heavy atom. The maximum Gasteiger partial charge on any atom is 0.269 e. The highest BCUT2D eigenvalue weighted by Gasteiger charge is 2.34. The van der Waals surface area contributed by atoms with E-state index in [9.17, 15) is 9.59 Å². The Balaban J connectivity index is 1.45. The summed E-state index contributed by atoms with van der Waals surface area (Å²) in [4.78, 5) is 29.2. The van der Waals surface area contributed by atoms with Crippen LogP contribution in [0, 0.1) is 0 Å². The third-order valence-corrected chi connectivity index (χ3v) is 4.54. The molecule has 3 aromatic rings. The monoisotopic (exact) mass is 377 g/mol. The summed E-state index contributed by atoms with van der Waals surface area (Å²) in [5.74, 6) is 1.02. The Morgan fingerprint density at radius 1 is 1.04 bits per heavy atom. The molecule has 2 aromatic carbocycles. The molecule has 0 spiro atoms. The van der Waals surface area contributed by atoms with Gasteiger partial charge in [0.25, 0.3) is 5.91 Å². The molecule has 1 aromatic heterocycles. The summed E-state index contributed by atoms with van der Waals surface area (Å²) < 4.78 is 13.2. The van der Waals surface area contributed by atoms with Crippen LogP contribution in [0.25, 0.3) is 0 Å². The summed E-state index contributed by atoms with van der Waals surface area (Å²) in [6, 6.07) is 13.9. The molecule has 1 aliphatic heterocycles. The van der Waals surface area contributed by atoms with Gasteiger partial charge in [-0.05, 0) is 43.3 Å². The van der Waals surface area contributed by atoms with E-state index in [0.29, 0.717) is 28.6 Å². The molecule has 2 heterocycles. The van der Waals surface area contributed by atoms with Gasteiger partial charge in [0.2, 0.25) is 11.9 Å². The van der Waals surface area contributed by atoms with Crippen LogP contribution < -0.4 is 14.8 Å². The van der Waals surface area contributed by atoms with Crippen molar-refractivity contribution >= 4 is 17.4 Å². The molecule has 0 bridgehead atoms. The number of rotatable bonds is 4. The van der Waals surface area contributed by atoms with Crippen LogP contribution in [-0.2, 0) is 11.8 Å². The fourth-order valence-electron chi connectivity index (χ4n) is 3.04. The number of ether oxygens (including phenoxy) is 2. The first kappa shape index (κ1) is 17.8. The maximum atomic E-state index is 12.6. The fraction of sp³-hybridized carbons (Fsp3) is 0.190. The molecule has 7 heteroatoms. The average molecular weight is 377 g/mol. The highest BCUT2D eigenvalue weighted by molar-refractivity contribution is 6.07. The van der Waals surface area contributed by atoms with E-state index < -0.39 is 12.2 Å². The van der Waals surface area contributed by atoms with Crippen LogP contribution in [0.3, 0.4) is 0 Å². The van der Waals surface area contributed by atoms with Gasteiger partial charge in [-0.25, -0.2) is 4.98 Å². The van der Waals surface area contributed by atoms with Gasteiger partial charge in [0, 0.05) is 30.7 Å². The summed E-state index contributed by atoms with van der Waals surface area (Å²) in [5, 5.41) is 2.81. The molecule has 2 unspecified atom stereocenters. The van der Waals surface area contributed by atoms with Gasteiger partial charge in [-0.3, -0.25) is 9.59 Å². The van der Waals surface area contributed by atoms with Crippen LogP contribution >= 0.6 is 0 Å². The Kier molecular flexibility index (Phi) is 4.57. The number of aromatic nitrogens is 2. The quantitative estimate of drug-likeness (QED) is 0.707. The number of benzene rings is 2. The molecule has 2 atom stereocenters. The van der Waals surface area contributed by atoms with Crippen LogP contribution in [0.2, 0.25) is 0 Å². The van der Waals surface area contributed by atoms with Gasteiger partial charge in [0.15, 0.2) is 17.3 Å². The Hall–Kier alpha value is -3.61. The van der Waals surface area contributed by atoms with E-state index in [1.54, 1.807) is 67.3 Å². The summed E-state index contributed by atoms with van der Waals surface area (Å²) in [5.41, 5.74) is 1.06. The summed E-state index contributed by atoms with van der Waals surface area (Å²) in [6.45, 7) is 1.79. The zero-order valence-corrected chi connectivity index (χ0v) is 15.5. The molecule has 4 rings (SSSR count). The van der Waals surface area contributed by atoms with E-state index in [1.165, 1.54) is 0 Å². The van der Waals surface area contributed by atoms with E-state index in [-0.39, 0.29) is 11.7 Å². The predicted octanol–water partition coefficient (Wildman–Crippen LogP) is 2.82. The van der Waals surface area contributed by atoms with Crippen molar-refractivity contribution in [1.82, 2.24) is 9.55 Å². The molecular weight excluding hydrogens is 358 g/mol. The first-order valence-electron chi connectivity index (χ1n) is 8.88. The smallest absolute Gasteiger partial charge is 0.269 e. The molecule has 142 valence electrons. The van der Waals surface area contributed by atoms with Crippen LogP contribution in [0.4, 0.5) is 5.69 Å². The molecule has 1 N–H and O–H groups in total. The van der Waals surface area contributed by atoms with E-state index in [2.05, 4.69) is 10.3 Å². The van der Waals surface area contributed by atoms with E-state index >= 15 is 0 Å². The largest absolute Gasteiger partial charge is 0.482 e. The third kappa shape index (κ3) is 3.34. The number of hydrogen-bond donors (Lipinski definition) is 1. The van der Waals surface area contributed by atoms with Crippen molar-refractivity contribution in [2.24, 2.45) is 7.05 Å². The normalized spacial score (nSPS) is 17.8. The number of anilines is 1. The minimum Gasteiger partial charge on any atom is -0.482 e. The number of carbonyl (C=O) groups excluding carboxylic acids is 2. The molecule has 0 saturated heterocycles. The lowest BCUT2D eigenvalue weighted by molar-refractivity contribution is -0.128. The predicted molar refractivity (Wildman–Crippen MR) is 103 cm³/mol. The fourth-order valence-corrected chi connectivity index (χ4v) is 3.04. The summed E-state index contributed by atoms with van der Waals surface area (Å²) >= 11 is 0. The first-order chi connectivity index (χ1) is 13.5. The molecule has 28 heavy (non-hydrogen) atoms. The molecule has 1 amide bonds. The molecular formula is C21H19N3O4. The van der Waals surface area contributed by atoms with Gasteiger partial charge in [-0.1, -0.05) is 12.1 Å². The summed E-state index contributed by atoms with van der Waals surface area (Å²) in [6.07, 6.45) is 2.09. The van der Waals surface area contributed by atoms with Crippen molar-refractivity contribution in [3.63, 3.8) is 0 Å². The van der Waals surface area contributed by atoms with Crippen molar-refractivity contribution in [2.75, 3.05) is 5.32 Å². The van der Waals surface area contributed by atoms with Crippen LogP contribution in [0.1, 0.15) is 23.1 Å². The zero-order chi connectivity index (χ0) is 19.7. The van der Waals surface area contributed by atoms with Crippen LogP contribution in [-0.4, -0.2) is 33.4 Å². The first-order valence-corrected chi connectivity index (χ1v) is 8.88. The zero-order valence-electron chi connectivity index (χ0n) is 15.5. The van der Waals surface area contributed by atoms with Gasteiger partial charge >= 0.3 is 0 Å². The molecule has 0 fully saturated rings. The van der Waals surface area contributed by atoms with Crippen molar-refractivity contribution < 1.29 is 19.1 Å². The number of imidazole rings is 1. The number of amides is 1. The van der Waals surface area contributed by atoms with E-state index in [0.717, 1.165) is 0 Å². The topological polar surface area (TPSA) is 82.4 Å². The van der Waals surface area contributed by atoms with Gasteiger partial charge < -0.3 is 19.4 Å². The maximum absolute atomic E-state index is 12.6. The highest BCUT2D eigenvalue weighted by atomic mass is 16.6. The SMILES string of the molecule is CC1Oc2ccccc2OC1C(=O)Nc1ccc(C(=O)c2nccn2C)cc1. The number of fused-ring (bicyclic) bond motifs is 1. The molecule has 0 radical (unpaired) electrons. The molecule has 0 aliphatic carbocycles. The second-order valence-electron chi connectivity index (χ2n) is 6.57. The second kappa shape index (κ2) is 7.19. The van der Waals surface area contributed by atoms with Crippen LogP contribution in [0.5, 0.6) is 11.5 Å². The van der Waals surface area contributed by atoms with E-state index in [1.807, 2.05) is 12.1 Å². The number of nitrogens with zero attached hydrogens (tertiary/aromatic N) is 2. The van der Waals surface area contributed by atoms with Gasteiger partial charge in [0.1, 0.15) is 6.10 Å². The Labute approximate surface area is 161 Å². The van der Waals surface area contributed by atoms with E-state index in [4.69, 9.17) is 9.47 Å². The van der Waals surface area contributed by atoms with Gasteiger partial charge in [-0.15, -0.1) is 0 Å². The van der Waals surface area contributed by atoms with Crippen molar-refractivity contribution in [1.29, 1.82) is 0 Å². The lowest BCUT2D eigenvalue weighted by Crippen LogP contribution is -2.46. The van der Waals surface area contributed by atoms with Crippen molar-refractivity contribution in [3.8, 4) is 11.5 Å². The van der Waals surface area contributed by atoms with Crippen molar-refractivity contribution in [3.05, 3.63) is 72.3 Å².